The highest BCUT2D eigenvalue weighted by Crippen LogP contribution is 2.12. The minimum absolute atomic E-state index is 0.0678. The highest BCUT2D eigenvalue weighted by atomic mass is 35.5. The Morgan fingerprint density at radius 2 is 1.95 bits per heavy atom. The quantitative estimate of drug-likeness (QED) is 0.720. The highest BCUT2D eigenvalue weighted by Gasteiger charge is 2.14. The molecule has 6 heteroatoms. The smallest absolute Gasteiger partial charge is 0.320 e. The Balaban J connectivity index is 2.45. The maximum Gasteiger partial charge on any atom is 0.320 e. The van der Waals surface area contributed by atoms with Gasteiger partial charge in [0.15, 0.2) is 0 Å². The van der Waals surface area contributed by atoms with Crippen molar-refractivity contribution in [1.29, 1.82) is 0 Å². The van der Waals surface area contributed by atoms with Crippen LogP contribution >= 0.6 is 11.6 Å². The number of carbonyl (C=O) groups excluding carboxylic acids is 2. The van der Waals surface area contributed by atoms with Crippen LogP contribution in [0.4, 0.5) is 0 Å². The van der Waals surface area contributed by atoms with E-state index >= 15 is 0 Å². The molecule has 1 rings (SSSR count). The van der Waals surface area contributed by atoms with E-state index in [0.29, 0.717) is 18.2 Å². The zero-order valence-electron chi connectivity index (χ0n) is 12.6. The Morgan fingerprint density at radius 3 is 2.57 bits per heavy atom. The molecule has 0 aliphatic rings. The minimum atomic E-state index is -0.328. The van der Waals surface area contributed by atoms with E-state index in [2.05, 4.69) is 0 Å². The summed E-state index contributed by atoms with van der Waals surface area (Å²) >= 11 is 5.92. The van der Waals surface area contributed by atoms with Gasteiger partial charge in [0.1, 0.15) is 0 Å². The van der Waals surface area contributed by atoms with Crippen molar-refractivity contribution < 1.29 is 14.3 Å². The van der Waals surface area contributed by atoms with Crippen LogP contribution in [0.15, 0.2) is 24.3 Å². The maximum absolute atomic E-state index is 12.1. The fourth-order valence-corrected chi connectivity index (χ4v) is 2.04. The number of hydrogen-bond donors (Lipinski definition) is 0. The van der Waals surface area contributed by atoms with Gasteiger partial charge in [0.25, 0.3) is 0 Å². The normalized spacial score (nSPS) is 10.5. The molecule has 0 aliphatic carbocycles. The molecule has 5 nitrogen and oxygen atoms in total. The lowest BCUT2D eigenvalue weighted by atomic mass is 10.2. The van der Waals surface area contributed by atoms with Crippen molar-refractivity contribution >= 4 is 23.5 Å². The van der Waals surface area contributed by atoms with E-state index in [4.69, 9.17) is 16.3 Å². The second-order valence-corrected chi connectivity index (χ2v) is 5.29. The third kappa shape index (κ3) is 6.60. The molecule has 0 aromatic heterocycles. The van der Waals surface area contributed by atoms with Crippen molar-refractivity contribution in [2.45, 2.75) is 13.5 Å². The molecule has 1 amide bonds. The summed E-state index contributed by atoms with van der Waals surface area (Å²) in [7, 11) is 3.43. The Morgan fingerprint density at radius 1 is 1.24 bits per heavy atom. The van der Waals surface area contributed by atoms with Crippen molar-refractivity contribution in [2.75, 3.05) is 33.8 Å². The van der Waals surface area contributed by atoms with E-state index in [1.807, 2.05) is 18.2 Å². The summed E-state index contributed by atoms with van der Waals surface area (Å²) in [6.07, 6.45) is 0. The first-order valence-corrected chi connectivity index (χ1v) is 7.12. The third-order valence-electron chi connectivity index (χ3n) is 2.84. The van der Waals surface area contributed by atoms with E-state index in [1.165, 1.54) is 0 Å². The van der Waals surface area contributed by atoms with Gasteiger partial charge < -0.3 is 9.64 Å². The third-order valence-corrected chi connectivity index (χ3v) is 3.08. The number of rotatable bonds is 7. The lowest BCUT2D eigenvalue weighted by Gasteiger charge is -2.21. The van der Waals surface area contributed by atoms with Crippen LogP contribution < -0.4 is 0 Å². The van der Waals surface area contributed by atoms with E-state index in [0.717, 1.165) is 5.56 Å². The molecule has 0 aliphatic heterocycles. The molecule has 0 N–H and O–H groups in total. The van der Waals surface area contributed by atoms with Crippen molar-refractivity contribution in [2.24, 2.45) is 0 Å². The monoisotopic (exact) mass is 312 g/mol. The Bertz CT molecular complexity index is 494. The number of likely N-dealkylation sites (N-methyl/N-ethyl adjacent to an activating group) is 2. The lowest BCUT2D eigenvalue weighted by Crippen LogP contribution is -2.38. The average Bonchev–Trinajstić information content (AvgIpc) is 2.38. The van der Waals surface area contributed by atoms with Gasteiger partial charge in [-0.1, -0.05) is 23.7 Å². The molecule has 0 bridgehead atoms. The Hall–Kier alpha value is -1.59. The summed E-state index contributed by atoms with van der Waals surface area (Å²) in [6.45, 7) is 2.84. The van der Waals surface area contributed by atoms with E-state index in [-0.39, 0.29) is 25.0 Å². The van der Waals surface area contributed by atoms with Gasteiger partial charge in [-0.3, -0.25) is 14.5 Å². The van der Waals surface area contributed by atoms with Crippen LogP contribution in [-0.4, -0.2) is 55.5 Å². The molecule has 0 atom stereocenters. The van der Waals surface area contributed by atoms with Gasteiger partial charge in [-0.25, -0.2) is 0 Å². The summed E-state index contributed by atoms with van der Waals surface area (Å²) in [5.41, 5.74) is 0.964. The summed E-state index contributed by atoms with van der Waals surface area (Å²) in [5.74, 6) is -0.396. The molecule has 0 radical (unpaired) electrons. The van der Waals surface area contributed by atoms with Gasteiger partial charge in [-0.2, -0.15) is 0 Å². The molecular formula is C15H21ClN2O3. The van der Waals surface area contributed by atoms with Crippen LogP contribution in [0, 0.1) is 0 Å². The van der Waals surface area contributed by atoms with E-state index in [1.54, 1.807) is 36.9 Å². The molecule has 1 aromatic carbocycles. The van der Waals surface area contributed by atoms with Crippen molar-refractivity contribution in [3.63, 3.8) is 0 Å². The first-order chi connectivity index (χ1) is 9.92. The van der Waals surface area contributed by atoms with Crippen LogP contribution in [0.2, 0.25) is 5.02 Å². The van der Waals surface area contributed by atoms with Crippen LogP contribution in [-0.2, 0) is 20.9 Å². The summed E-state index contributed by atoms with van der Waals surface area (Å²) in [4.78, 5) is 26.6. The number of benzene rings is 1. The van der Waals surface area contributed by atoms with Gasteiger partial charge in [0.05, 0.1) is 19.7 Å². The fraction of sp³-hybridized carbons (Fsp3) is 0.467. The van der Waals surface area contributed by atoms with Crippen molar-refractivity contribution in [1.82, 2.24) is 9.80 Å². The molecule has 1 aromatic rings. The number of hydrogen-bond acceptors (Lipinski definition) is 4. The van der Waals surface area contributed by atoms with Crippen molar-refractivity contribution in [3.05, 3.63) is 34.9 Å². The molecular weight excluding hydrogens is 292 g/mol. The molecule has 0 fully saturated rings. The SMILES string of the molecule is CCOC(=O)CN(C)CC(=O)N(C)Cc1cccc(Cl)c1. The second kappa shape index (κ2) is 8.64. The van der Waals surface area contributed by atoms with Gasteiger partial charge in [0.2, 0.25) is 5.91 Å². The number of carbonyl (C=O) groups is 2. The van der Waals surface area contributed by atoms with Crippen LogP contribution in [0.3, 0.4) is 0 Å². The molecule has 0 unspecified atom stereocenters. The van der Waals surface area contributed by atoms with Gasteiger partial charge in [0, 0.05) is 18.6 Å². The van der Waals surface area contributed by atoms with Crippen molar-refractivity contribution in [3.8, 4) is 0 Å². The lowest BCUT2D eigenvalue weighted by molar-refractivity contribution is -0.144. The molecule has 116 valence electrons. The van der Waals surface area contributed by atoms with Gasteiger partial charge in [-0.15, -0.1) is 0 Å². The zero-order valence-corrected chi connectivity index (χ0v) is 13.4. The van der Waals surface area contributed by atoms with E-state index < -0.39 is 0 Å². The molecule has 0 saturated carbocycles. The summed E-state index contributed by atoms with van der Waals surface area (Å²) in [5, 5.41) is 0.646. The first-order valence-electron chi connectivity index (χ1n) is 6.75. The number of nitrogens with zero attached hydrogens (tertiary/aromatic N) is 2. The van der Waals surface area contributed by atoms with Crippen LogP contribution in [0.25, 0.3) is 0 Å². The summed E-state index contributed by atoms with van der Waals surface area (Å²) < 4.78 is 4.84. The minimum Gasteiger partial charge on any atom is -0.465 e. The van der Waals surface area contributed by atoms with Crippen LogP contribution in [0.5, 0.6) is 0 Å². The topological polar surface area (TPSA) is 49.9 Å². The fourth-order valence-electron chi connectivity index (χ4n) is 1.83. The summed E-state index contributed by atoms with van der Waals surface area (Å²) in [6, 6.07) is 7.38. The predicted molar refractivity (Wildman–Crippen MR) is 82.1 cm³/mol. The van der Waals surface area contributed by atoms with Crippen LogP contribution in [0.1, 0.15) is 12.5 Å². The van der Waals surface area contributed by atoms with Gasteiger partial charge in [-0.05, 0) is 31.7 Å². The standard InChI is InChI=1S/C15H21ClN2O3/c1-4-21-15(20)11-17(2)10-14(19)18(3)9-12-6-5-7-13(16)8-12/h5-8H,4,9-11H2,1-3H3. The Labute approximate surface area is 130 Å². The average molecular weight is 313 g/mol. The molecule has 0 spiro atoms. The number of esters is 1. The van der Waals surface area contributed by atoms with Gasteiger partial charge >= 0.3 is 5.97 Å². The van der Waals surface area contributed by atoms with E-state index in [9.17, 15) is 9.59 Å². The first kappa shape index (κ1) is 17.5. The predicted octanol–water partition coefficient (Wildman–Crippen LogP) is 1.79. The molecule has 0 saturated heterocycles. The highest BCUT2D eigenvalue weighted by molar-refractivity contribution is 6.30. The molecule has 21 heavy (non-hydrogen) atoms. The largest absolute Gasteiger partial charge is 0.465 e. The number of amides is 1. The Kier molecular flexibility index (Phi) is 7.19. The number of ether oxygens (including phenoxy) is 1. The zero-order chi connectivity index (χ0) is 15.8. The maximum atomic E-state index is 12.1. The molecule has 0 heterocycles. The number of halogens is 1. The second-order valence-electron chi connectivity index (χ2n) is 4.86.